The van der Waals surface area contributed by atoms with Gasteiger partial charge in [0.2, 0.25) is 0 Å². The van der Waals surface area contributed by atoms with Crippen LogP contribution in [0, 0.1) is 11.6 Å². The van der Waals surface area contributed by atoms with Gasteiger partial charge in [0.25, 0.3) is 5.91 Å². The molecule has 0 radical (unpaired) electrons. The molecule has 146 valence electrons. The summed E-state index contributed by atoms with van der Waals surface area (Å²) in [5, 5.41) is 2.63. The lowest BCUT2D eigenvalue weighted by Crippen LogP contribution is -2.15. The first-order valence-corrected chi connectivity index (χ1v) is 9.07. The number of halogens is 2. The van der Waals surface area contributed by atoms with Crippen LogP contribution in [0.15, 0.2) is 42.0 Å². The summed E-state index contributed by atoms with van der Waals surface area (Å²) >= 11 is 0. The molecule has 0 saturated heterocycles. The van der Waals surface area contributed by atoms with Crippen molar-refractivity contribution < 1.29 is 23.1 Å². The zero-order valence-electron chi connectivity index (χ0n) is 15.8. The van der Waals surface area contributed by atoms with Crippen LogP contribution in [-0.4, -0.2) is 18.5 Å². The van der Waals surface area contributed by atoms with E-state index in [9.17, 15) is 18.4 Å². The maximum atomic E-state index is 13.8. The number of esters is 1. The van der Waals surface area contributed by atoms with Gasteiger partial charge in [-0.2, -0.15) is 0 Å². The Morgan fingerprint density at radius 2 is 1.86 bits per heavy atom. The fourth-order valence-electron chi connectivity index (χ4n) is 3.37. The number of carbonyl (C=O) groups is 2. The molecule has 1 amide bonds. The molecule has 6 heteroatoms. The van der Waals surface area contributed by atoms with Gasteiger partial charge in [-0.3, -0.25) is 9.59 Å². The third kappa shape index (κ3) is 4.44. The Labute approximate surface area is 162 Å². The molecule has 0 saturated carbocycles. The van der Waals surface area contributed by atoms with Gasteiger partial charge in [0.15, 0.2) is 0 Å². The lowest BCUT2D eigenvalue weighted by Gasteiger charge is -2.22. The second-order valence-electron chi connectivity index (χ2n) is 6.84. The van der Waals surface area contributed by atoms with E-state index < -0.39 is 17.5 Å². The van der Waals surface area contributed by atoms with Crippen molar-refractivity contribution in [2.24, 2.45) is 0 Å². The summed E-state index contributed by atoms with van der Waals surface area (Å²) in [5.74, 6) is -2.47. The van der Waals surface area contributed by atoms with Crippen molar-refractivity contribution in [1.29, 1.82) is 0 Å². The summed E-state index contributed by atoms with van der Waals surface area (Å²) < 4.78 is 32.2. The van der Waals surface area contributed by atoms with E-state index in [1.807, 2.05) is 19.1 Å². The average Bonchev–Trinajstić information content (AvgIpc) is 2.67. The molecular formula is C22H21F2NO3. The van der Waals surface area contributed by atoms with Crippen LogP contribution in [0.5, 0.6) is 0 Å². The number of allylic oxidation sites excluding steroid dienone is 1. The smallest absolute Gasteiger partial charge is 0.302 e. The predicted octanol–water partition coefficient (Wildman–Crippen LogP) is 4.89. The number of aryl methyl sites for hydroxylation is 1. The van der Waals surface area contributed by atoms with Crippen molar-refractivity contribution in [3.63, 3.8) is 0 Å². The van der Waals surface area contributed by atoms with Gasteiger partial charge in [-0.05, 0) is 78.8 Å². The third-order valence-electron chi connectivity index (χ3n) is 4.74. The van der Waals surface area contributed by atoms with Crippen LogP contribution in [0.1, 0.15) is 48.2 Å². The molecule has 0 fully saturated rings. The number of carbonyl (C=O) groups excluding carboxylic acids is 2. The van der Waals surface area contributed by atoms with Crippen LogP contribution >= 0.6 is 0 Å². The van der Waals surface area contributed by atoms with E-state index in [1.165, 1.54) is 6.92 Å². The molecule has 1 N–H and O–H groups in total. The van der Waals surface area contributed by atoms with Gasteiger partial charge in [0, 0.05) is 12.6 Å². The molecule has 0 aromatic heterocycles. The maximum absolute atomic E-state index is 13.8. The number of hydrogen-bond acceptors (Lipinski definition) is 3. The number of benzene rings is 2. The van der Waals surface area contributed by atoms with Crippen LogP contribution in [0.3, 0.4) is 0 Å². The molecule has 0 spiro atoms. The quantitative estimate of drug-likeness (QED) is 0.763. The van der Waals surface area contributed by atoms with E-state index in [-0.39, 0.29) is 18.1 Å². The lowest BCUT2D eigenvalue weighted by molar-refractivity contribution is -0.139. The SMILES string of the molecule is CC(=O)OC/C(C)=C1/CCCc2cc(NC(=O)c3cc(F)ccc3F)ccc21. The van der Waals surface area contributed by atoms with E-state index in [2.05, 4.69) is 5.32 Å². The summed E-state index contributed by atoms with van der Waals surface area (Å²) in [4.78, 5) is 23.4. The number of amides is 1. The molecule has 0 aliphatic heterocycles. The first kappa shape index (κ1) is 19.7. The van der Waals surface area contributed by atoms with Gasteiger partial charge in [-0.1, -0.05) is 6.07 Å². The number of hydrogen-bond donors (Lipinski definition) is 1. The van der Waals surface area contributed by atoms with E-state index in [0.29, 0.717) is 5.69 Å². The normalized spacial score (nSPS) is 14.9. The summed E-state index contributed by atoms with van der Waals surface area (Å²) in [6.45, 7) is 3.57. The van der Waals surface area contributed by atoms with Gasteiger partial charge in [0.05, 0.1) is 5.56 Å². The molecule has 0 atom stereocenters. The Kier molecular flexibility index (Phi) is 5.87. The molecule has 0 unspecified atom stereocenters. The third-order valence-corrected chi connectivity index (χ3v) is 4.74. The van der Waals surface area contributed by atoms with Gasteiger partial charge in [-0.15, -0.1) is 0 Å². The van der Waals surface area contributed by atoms with E-state index in [0.717, 1.165) is 59.7 Å². The fraction of sp³-hybridized carbons (Fsp3) is 0.273. The van der Waals surface area contributed by atoms with Crippen molar-refractivity contribution in [3.05, 3.63) is 70.3 Å². The summed E-state index contributed by atoms with van der Waals surface area (Å²) in [6.07, 6.45) is 2.67. The highest BCUT2D eigenvalue weighted by Gasteiger charge is 2.18. The van der Waals surface area contributed by atoms with Crippen LogP contribution in [0.25, 0.3) is 5.57 Å². The maximum Gasteiger partial charge on any atom is 0.302 e. The van der Waals surface area contributed by atoms with Gasteiger partial charge >= 0.3 is 5.97 Å². The van der Waals surface area contributed by atoms with Gasteiger partial charge in [-0.25, -0.2) is 8.78 Å². The highest BCUT2D eigenvalue weighted by molar-refractivity contribution is 6.04. The van der Waals surface area contributed by atoms with E-state index in [4.69, 9.17) is 4.74 Å². The van der Waals surface area contributed by atoms with Crippen LogP contribution < -0.4 is 5.32 Å². The highest BCUT2D eigenvalue weighted by Crippen LogP contribution is 2.34. The molecule has 0 heterocycles. The predicted molar refractivity (Wildman–Crippen MR) is 103 cm³/mol. The van der Waals surface area contributed by atoms with E-state index >= 15 is 0 Å². The second-order valence-corrected chi connectivity index (χ2v) is 6.84. The standard InChI is InChI=1S/C22H21F2NO3/c1-13(12-28-14(2)26)18-5-3-4-15-10-17(7-8-19(15)18)25-22(27)20-11-16(23)6-9-21(20)24/h6-11H,3-5,12H2,1-2H3,(H,25,27)/b18-13-. The zero-order chi connectivity index (χ0) is 20.3. The van der Waals surface area contributed by atoms with Crippen molar-refractivity contribution in [3.8, 4) is 0 Å². The van der Waals surface area contributed by atoms with Gasteiger partial charge in [0.1, 0.15) is 18.2 Å². The molecule has 4 nitrogen and oxygen atoms in total. The van der Waals surface area contributed by atoms with Crippen molar-refractivity contribution in [2.75, 3.05) is 11.9 Å². The fourth-order valence-corrected chi connectivity index (χ4v) is 3.37. The number of nitrogens with one attached hydrogen (secondary N) is 1. The van der Waals surface area contributed by atoms with E-state index in [1.54, 1.807) is 6.07 Å². The minimum absolute atomic E-state index is 0.251. The number of fused-ring (bicyclic) bond motifs is 1. The van der Waals surface area contributed by atoms with Crippen molar-refractivity contribution in [2.45, 2.75) is 33.1 Å². The summed E-state index contributed by atoms with van der Waals surface area (Å²) in [5.41, 5.74) is 4.43. The Hall–Kier alpha value is -3.02. The first-order chi connectivity index (χ1) is 13.3. The monoisotopic (exact) mass is 385 g/mol. The molecule has 0 bridgehead atoms. The highest BCUT2D eigenvalue weighted by atomic mass is 19.1. The summed E-state index contributed by atoms with van der Waals surface area (Å²) in [6, 6.07) is 8.26. The average molecular weight is 385 g/mol. The Bertz CT molecular complexity index is 966. The first-order valence-electron chi connectivity index (χ1n) is 9.07. The molecule has 2 aromatic rings. The number of anilines is 1. The van der Waals surface area contributed by atoms with Crippen LogP contribution in [0.4, 0.5) is 14.5 Å². The van der Waals surface area contributed by atoms with Crippen molar-refractivity contribution in [1.82, 2.24) is 0 Å². The Balaban J connectivity index is 1.83. The molecule has 2 aromatic carbocycles. The number of rotatable bonds is 4. The minimum Gasteiger partial charge on any atom is -0.461 e. The lowest BCUT2D eigenvalue weighted by atomic mass is 9.85. The van der Waals surface area contributed by atoms with Crippen LogP contribution in [0.2, 0.25) is 0 Å². The Morgan fingerprint density at radius 1 is 1.07 bits per heavy atom. The molecule has 1 aliphatic carbocycles. The minimum atomic E-state index is -0.775. The van der Waals surface area contributed by atoms with Gasteiger partial charge < -0.3 is 10.1 Å². The molecule has 28 heavy (non-hydrogen) atoms. The molecule has 3 rings (SSSR count). The van der Waals surface area contributed by atoms with Crippen LogP contribution in [-0.2, 0) is 16.0 Å². The van der Waals surface area contributed by atoms with Crippen molar-refractivity contribution >= 4 is 23.1 Å². The topological polar surface area (TPSA) is 55.4 Å². The number of ether oxygens (including phenoxy) is 1. The summed E-state index contributed by atoms with van der Waals surface area (Å²) in [7, 11) is 0. The zero-order valence-corrected chi connectivity index (χ0v) is 15.8. The Morgan fingerprint density at radius 3 is 2.61 bits per heavy atom. The second kappa shape index (κ2) is 8.33. The molecular weight excluding hydrogens is 364 g/mol. The molecule has 1 aliphatic rings. The largest absolute Gasteiger partial charge is 0.461 e.